The molecule has 1 aromatic rings. The van der Waals surface area contributed by atoms with E-state index in [-0.39, 0.29) is 12.0 Å². The van der Waals surface area contributed by atoms with Crippen LogP contribution in [0.5, 0.6) is 5.75 Å². The fourth-order valence-electron chi connectivity index (χ4n) is 2.68. The van der Waals surface area contributed by atoms with E-state index in [0.717, 1.165) is 37.2 Å². The molecule has 0 radical (unpaired) electrons. The molecule has 0 aromatic heterocycles. The molecule has 2 aliphatic heterocycles. The predicted octanol–water partition coefficient (Wildman–Crippen LogP) is 3.86. The van der Waals surface area contributed by atoms with E-state index in [2.05, 4.69) is 6.92 Å². The first-order valence-corrected chi connectivity index (χ1v) is 9.49. The summed E-state index contributed by atoms with van der Waals surface area (Å²) in [7, 11) is 0. The highest BCUT2D eigenvalue weighted by atomic mass is 32.2. The molecule has 0 spiro atoms. The van der Waals surface area contributed by atoms with Crippen molar-refractivity contribution in [3.05, 3.63) is 34.7 Å². The Balaban J connectivity index is 1.66. The summed E-state index contributed by atoms with van der Waals surface area (Å²) in [5.74, 6) is 0.826. The van der Waals surface area contributed by atoms with Gasteiger partial charge in [0, 0.05) is 6.61 Å². The lowest BCUT2D eigenvalue weighted by Gasteiger charge is -2.18. The lowest BCUT2D eigenvalue weighted by molar-refractivity contribution is -0.123. The zero-order valence-electron chi connectivity index (χ0n) is 13.7. The van der Waals surface area contributed by atoms with Crippen molar-refractivity contribution < 1.29 is 14.3 Å². The molecular weight excluding hydrogens is 342 g/mol. The summed E-state index contributed by atoms with van der Waals surface area (Å²) >= 11 is 6.73. The molecule has 4 nitrogen and oxygen atoms in total. The van der Waals surface area contributed by atoms with Crippen LogP contribution < -0.4 is 4.74 Å². The van der Waals surface area contributed by atoms with E-state index in [4.69, 9.17) is 21.7 Å². The second-order valence-electron chi connectivity index (χ2n) is 5.84. The van der Waals surface area contributed by atoms with Gasteiger partial charge in [0.1, 0.15) is 10.1 Å². The fourth-order valence-corrected chi connectivity index (χ4v) is 3.96. The van der Waals surface area contributed by atoms with Crippen LogP contribution in [0.25, 0.3) is 6.08 Å². The molecule has 1 amide bonds. The molecule has 1 unspecified atom stereocenters. The first-order valence-electron chi connectivity index (χ1n) is 8.27. The van der Waals surface area contributed by atoms with Crippen LogP contribution in [0.1, 0.15) is 31.7 Å². The summed E-state index contributed by atoms with van der Waals surface area (Å²) in [6.45, 7) is 4.13. The largest absolute Gasteiger partial charge is 0.494 e. The number of carbonyl (C=O) groups is 1. The summed E-state index contributed by atoms with van der Waals surface area (Å²) in [5.41, 5.74) is 0.969. The van der Waals surface area contributed by atoms with Crippen LogP contribution in [-0.2, 0) is 9.53 Å². The number of carbonyl (C=O) groups excluding carboxylic acids is 1. The highest BCUT2D eigenvalue weighted by molar-refractivity contribution is 8.26. The molecule has 0 aliphatic carbocycles. The van der Waals surface area contributed by atoms with Crippen molar-refractivity contribution in [1.29, 1.82) is 0 Å². The molecule has 24 heavy (non-hydrogen) atoms. The molecule has 2 heterocycles. The summed E-state index contributed by atoms with van der Waals surface area (Å²) in [6.07, 6.45) is 5.03. The highest BCUT2D eigenvalue weighted by Gasteiger charge is 2.34. The summed E-state index contributed by atoms with van der Waals surface area (Å²) < 4.78 is 11.8. The van der Waals surface area contributed by atoms with E-state index in [1.807, 2.05) is 30.3 Å². The van der Waals surface area contributed by atoms with Crippen LogP contribution in [-0.4, -0.2) is 41.0 Å². The Morgan fingerprint density at radius 1 is 1.42 bits per heavy atom. The predicted molar refractivity (Wildman–Crippen MR) is 101 cm³/mol. The second kappa shape index (κ2) is 8.14. The van der Waals surface area contributed by atoms with Crippen LogP contribution in [0, 0.1) is 0 Å². The maximum Gasteiger partial charge on any atom is 0.266 e. The third kappa shape index (κ3) is 4.18. The zero-order valence-corrected chi connectivity index (χ0v) is 15.3. The molecule has 128 valence electrons. The molecule has 1 atom stereocenters. The fraction of sp³-hybridized carbons (Fsp3) is 0.444. The van der Waals surface area contributed by atoms with Gasteiger partial charge in [-0.1, -0.05) is 43.0 Å². The number of hydrogen-bond acceptors (Lipinski definition) is 5. The number of ether oxygens (including phenoxy) is 2. The minimum absolute atomic E-state index is 0.0215. The molecule has 2 aliphatic rings. The van der Waals surface area contributed by atoms with Crippen LogP contribution >= 0.6 is 24.0 Å². The van der Waals surface area contributed by atoms with Crippen LogP contribution in [0.3, 0.4) is 0 Å². The van der Waals surface area contributed by atoms with E-state index in [0.29, 0.717) is 22.4 Å². The first-order chi connectivity index (χ1) is 11.7. The van der Waals surface area contributed by atoms with Gasteiger partial charge in [-0.3, -0.25) is 9.69 Å². The van der Waals surface area contributed by atoms with Crippen molar-refractivity contribution in [3.8, 4) is 5.75 Å². The lowest BCUT2D eigenvalue weighted by atomic mass is 10.2. The quantitative estimate of drug-likeness (QED) is 0.567. The Labute approximate surface area is 152 Å². The number of amides is 1. The number of thioether (sulfide) groups is 1. The van der Waals surface area contributed by atoms with Gasteiger partial charge in [0.2, 0.25) is 0 Å². The molecule has 0 N–H and O–H groups in total. The average molecular weight is 364 g/mol. The summed E-state index contributed by atoms with van der Waals surface area (Å²) in [4.78, 5) is 14.9. The molecule has 1 aromatic carbocycles. The van der Waals surface area contributed by atoms with Gasteiger partial charge in [-0.05, 0) is 43.0 Å². The summed E-state index contributed by atoms with van der Waals surface area (Å²) in [5, 5.41) is 0. The van der Waals surface area contributed by atoms with Crippen LogP contribution in [0.2, 0.25) is 0 Å². The van der Waals surface area contributed by atoms with Gasteiger partial charge in [-0.25, -0.2) is 0 Å². The first kappa shape index (κ1) is 17.5. The van der Waals surface area contributed by atoms with Crippen molar-refractivity contribution in [2.75, 3.05) is 19.8 Å². The number of hydrogen-bond donors (Lipinski definition) is 0. The van der Waals surface area contributed by atoms with Gasteiger partial charge in [-0.15, -0.1) is 0 Å². The van der Waals surface area contributed by atoms with Gasteiger partial charge in [0.15, 0.2) is 0 Å². The SMILES string of the molecule is CCCOc1ccc(/C=C2/SC(=S)N(CC3CCCO3)C2=O)cc1. The van der Waals surface area contributed by atoms with Crippen molar-refractivity contribution in [2.24, 2.45) is 0 Å². The van der Waals surface area contributed by atoms with Crippen LogP contribution in [0.15, 0.2) is 29.2 Å². The molecule has 6 heteroatoms. The van der Waals surface area contributed by atoms with Crippen molar-refractivity contribution in [2.45, 2.75) is 32.3 Å². The molecule has 0 saturated carbocycles. The van der Waals surface area contributed by atoms with E-state index in [1.54, 1.807) is 4.90 Å². The molecule has 0 bridgehead atoms. The molecule has 2 saturated heterocycles. The number of thiocarbonyl (C=S) groups is 1. The third-order valence-electron chi connectivity index (χ3n) is 3.93. The topological polar surface area (TPSA) is 38.8 Å². The Morgan fingerprint density at radius 2 is 2.21 bits per heavy atom. The molecular formula is C18H21NO3S2. The summed E-state index contributed by atoms with van der Waals surface area (Å²) in [6, 6.07) is 7.76. The second-order valence-corrected chi connectivity index (χ2v) is 7.52. The van der Waals surface area contributed by atoms with Gasteiger partial charge in [0.05, 0.1) is 24.2 Å². The Kier molecular flexibility index (Phi) is 5.92. The minimum atomic E-state index is -0.0215. The van der Waals surface area contributed by atoms with Crippen molar-refractivity contribution in [1.82, 2.24) is 4.90 Å². The van der Waals surface area contributed by atoms with Gasteiger partial charge in [-0.2, -0.15) is 0 Å². The number of benzene rings is 1. The maximum absolute atomic E-state index is 12.6. The minimum Gasteiger partial charge on any atom is -0.494 e. The lowest BCUT2D eigenvalue weighted by Crippen LogP contribution is -2.35. The maximum atomic E-state index is 12.6. The van der Waals surface area contributed by atoms with E-state index in [1.165, 1.54) is 11.8 Å². The van der Waals surface area contributed by atoms with Gasteiger partial charge >= 0.3 is 0 Å². The van der Waals surface area contributed by atoms with Gasteiger partial charge < -0.3 is 9.47 Å². The standard InChI is InChI=1S/C18H21NO3S2/c1-2-9-21-14-7-5-13(6-8-14)11-16-17(20)19(18(23)24-16)12-15-4-3-10-22-15/h5-8,11,15H,2-4,9-10,12H2,1H3/b16-11+. The third-order valence-corrected chi connectivity index (χ3v) is 5.31. The Morgan fingerprint density at radius 3 is 2.88 bits per heavy atom. The number of rotatable bonds is 6. The Hall–Kier alpha value is -1.37. The van der Waals surface area contributed by atoms with E-state index in [9.17, 15) is 4.79 Å². The normalized spacial score (nSPS) is 22.6. The van der Waals surface area contributed by atoms with E-state index < -0.39 is 0 Å². The Bertz CT molecular complexity index is 636. The van der Waals surface area contributed by atoms with Crippen LogP contribution in [0.4, 0.5) is 0 Å². The monoisotopic (exact) mass is 363 g/mol. The zero-order chi connectivity index (χ0) is 16.9. The smallest absolute Gasteiger partial charge is 0.266 e. The van der Waals surface area contributed by atoms with Crippen molar-refractivity contribution >= 4 is 40.3 Å². The number of nitrogens with zero attached hydrogens (tertiary/aromatic N) is 1. The molecule has 3 rings (SSSR count). The van der Waals surface area contributed by atoms with E-state index >= 15 is 0 Å². The average Bonchev–Trinajstić information content (AvgIpc) is 3.19. The molecule has 2 fully saturated rings. The van der Waals surface area contributed by atoms with Crippen molar-refractivity contribution in [3.63, 3.8) is 0 Å². The highest BCUT2D eigenvalue weighted by Crippen LogP contribution is 2.33. The van der Waals surface area contributed by atoms with Gasteiger partial charge in [0.25, 0.3) is 5.91 Å².